The van der Waals surface area contributed by atoms with Gasteiger partial charge in [0.25, 0.3) is 0 Å². The molecule has 0 saturated heterocycles. The van der Waals surface area contributed by atoms with Gasteiger partial charge in [-0.1, -0.05) is 15.9 Å². The number of anilines is 1. The van der Waals surface area contributed by atoms with Gasteiger partial charge in [-0.05, 0) is 27.6 Å². The number of nitrogen functional groups attached to an aromatic ring is 1. The number of aromatic nitrogens is 2. The molecule has 0 bridgehead atoms. The summed E-state index contributed by atoms with van der Waals surface area (Å²) in [6, 6.07) is 0.176. The molecule has 1 aliphatic carbocycles. The number of allylic oxidation sites excluding steroid dienone is 3. The van der Waals surface area contributed by atoms with Crippen molar-refractivity contribution in [2.75, 3.05) is 12.3 Å². The van der Waals surface area contributed by atoms with E-state index in [1.807, 2.05) is 0 Å². The first-order valence-electron chi connectivity index (χ1n) is 5.47. The molecule has 1 aliphatic heterocycles. The van der Waals surface area contributed by atoms with Crippen molar-refractivity contribution < 1.29 is 0 Å². The van der Waals surface area contributed by atoms with Crippen molar-refractivity contribution >= 4 is 37.8 Å². The Morgan fingerprint density at radius 1 is 1.41 bits per heavy atom. The highest BCUT2D eigenvalue weighted by molar-refractivity contribution is 9.14. The molecule has 1 atom stereocenters. The van der Waals surface area contributed by atoms with Crippen molar-refractivity contribution in [2.24, 2.45) is 0 Å². The molecule has 1 unspecified atom stereocenters. The Morgan fingerprint density at radius 3 is 2.94 bits per heavy atom. The van der Waals surface area contributed by atoms with E-state index >= 15 is 0 Å². The van der Waals surface area contributed by atoms with Crippen molar-refractivity contribution in [3.8, 4) is 0 Å². The zero-order chi connectivity index (χ0) is 12.0. The van der Waals surface area contributed by atoms with Gasteiger partial charge in [-0.2, -0.15) is 0 Å². The van der Waals surface area contributed by atoms with E-state index in [2.05, 4.69) is 53.2 Å². The molecule has 0 aromatic carbocycles. The molecule has 2 heterocycles. The molecule has 17 heavy (non-hydrogen) atoms. The molecule has 0 amide bonds. The summed E-state index contributed by atoms with van der Waals surface area (Å²) in [5, 5.41) is 3.50. The largest absolute Gasteiger partial charge is 0.369 e. The maximum atomic E-state index is 5.73. The van der Waals surface area contributed by atoms with Gasteiger partial charge in [-0.25, -0.2) is 4.98 Å². The Morgan fingerprint density at radius 2 is 2.24 bits per heavy atom. The highest BCUT2D eigenvalue weighted by Crippen LogP contribution is 2.40. The molecule has 6 heteroatoms. The molecule has 2 aliphatic rings. The van der Waals surface area contributed by atoms with Gasteiger partial charge in [0.05, 0.1) is 11.7 Å². The smallest absolute Gasteiger partial charge is 0.197 e. The summed E-state index contributed by atoms with van der Waals surface area (Å²) in [5.41, 5.74) is 9.25. The van der Waals surface area contributed by atoms with Gasteiger partial charge in [0.15, 0.2) is 5.95 Å². The normalized spacial score (nSPS) is 23.9. The summed E-state index contributed by atoms with van der Waals surface area (Å²) in [7, 11) is 0. The van der Waals surface area contributed by atoms with E-state index in [0.29, 0.717) is 5.95 Å². The van der Waals surface area contributed by atoms with Crippen molar-refractivity contribution in [2.45, 2.75) is 18.9 Å². The average molecular weight is 360 g/mol. The summed E-state index contributed by atoms with van der Waals surface area (Å²) >= 11 is 7.09. The Kier molecular flexibility index (Phi) is 2.88. The number of nitrogens with two attached hydrogens (primary N) is 1. The van der Waals surface area contributed by atoms with Gasteiger partial charge < -0.3 is 16.0 Å². The lowest BCUT2D eigenvalue weighted by Gasteiger charge is -2.24. The number of H-pyrrole nitrogens is 1. The predicted molar refractivity (Wildman–Crippen MR) is 75.0 cm³/mol. The molecule has 0 spiro atoms. The minimum atomic E-state index is 0.176. The first kappa shape index (κ1) is 11.5. The Balaban J connectivity index is 1.94. The summed E-state index contributed by atoms with van der Waals surface area (Å²) < 4.78 is 2.30. The second-order valence-electron chi connectivity index (χ2n) is 4.27. The van der Waals surface area contributed by atoms with Gasteiger partial charge in [0.1, 0.15) is 0 Å². The fourth-order valence-electron chi connectivity index (χ4n) is 2.36. The minimum Gasteiger partial charge on any atom is -0.369 e. The van der Waals surface area contributed by atoms with Gasteiger partial charge in [0.2, 0.25) is 0 Å². The van der Waals surface area contributed by atoms with Crippen LogP contribution in [-0.2, 0) is 6.42 Å². The number of hydrogen-bond acceptors (Lipinski definition) is 3. The van der Waals surface area contributed by atoms with Crippen molar-refractivity contribution in [3.63, 3.8) is 0 Å². The number of aromatic amines is 1. The van der Waals surface area contributed by atoms with Crippen LogP contribution in [0.4, 0.5) is 5.95 Å². The second-order valence-corrected chi connectivity index (χ2v) is 6.08. The summed E-state index contributed by atoms with van der Waals surface area (Å²) in [4.78, 5) is 7.53. The lowest BCUT2D eigenvalue weighted by atomic mass is 9.97. The Labute approximate surface area is 116 Å². The third-order valence-electron chi connectivity index (χ3n) is 3.13. The van der Waals surface area contributed by atoms with Crippen LogP contribution in [0.15, 0.2) is 20.6 Å². The number of nitrogens with zero attached hydrogens (tertiary/aromatic N) is 1. The van der Waals surface area contributed by atoms with Gasteiger partial charge in [-0.15, -0.1) is 0 Å². The predicted octanol–water partition coefficient (Wildman–Crippen LogP) is 2.51. The third-order valence-corrected chi connectivity index (χ3v) is 5.07. The molecule has 0 radical (unpaired) electrons. The van der Waals surface area contributed by atoms with Gasteiger partial charge in [-0.3, -0.25) is 0 Å². The van der Waals surface area contributed by atoms with E-state index in [1.165, 1.54) is 10.1 Å². The minimum absolute atomic E-state index is 0.176. The molecule has 3 rings (SSSR count). The zero-order valence-electron chi connectivity index (χ0n) is 9.06. The number of nitrogens with one attached hydrogen (secondary N) is 2. The van der Waals surface area contributed by atoms with Crippen molar-refractivity contribution in [1.29, 1.82) is 0 Å². The monoisotopic (exact) mass is 358 g/mol. The fraction of sp³-hybridized carbons (Fsp3) is 0.364. The van der Waals surface area contributed by atoms with E-state index in [4.69, 9.17) is 5.73 Å². The van der Waals surface area contributed by atoms with E-state index in [-0.39, 0.29) is 6.04 Å². The van der Waals surface area contributed by atoms with Gasteiger partial charge in [0, 0.05) is 34.0 Å². The highest BCUT2D eigenvalue weighted by atomic mass is 79.9. The van der Waals surface area contributed by atoms with Crippen LogP contribution in [0, 0.1) is 0 Å². The van der Waals surface area contributed by atoms with E-state index in [0.717, 1.165) is 35.3 Å². The van der Waals surface area contributed by atoms with Crippen LogP contribution in [0.1, 0.15) is 23.9 Å². The number of hydrogen-bond donors (Lipinski definition) is 3. The molecule has 4 nitrogen and oxygen atoms in total. The lowest BCUT2D eigenvalue weighted by molar-refractivity contribution is 0.541. The molecule has 1 aromatic rings. The first-order valence-corrected chi connectivity index (χ1v) is 7.06. The van der Waals surface area contributed by atoms with E-state index in [9.17, 15) is 0 Å². The maximum Gasteiger partial charge on any atom is 0.197 e. The van der Waals surface area contributed by atoms with E-state index in [1.54, 1.807) is 0 Å². The van der Waals surface area contributed by atoms with Crippen LogP contribution in [0.3, 0.4) is 0 Å². The van der Waals surface area contributed by atoms with Crippen LogP contribution in [0.25, 0.3) is 0 Å². The maximum absolute atomic E-state index is 5.73. The number of fused-ring (bicyclic) bond motifs is 1. The van der Waals surface area contributed by atoms with Crippen LogP contribution in [0.2, 0.25) is 0 Å². The van der Waals surface area contributed by atoms with E-state index < -0.39 is 0 Å². The molecular formula is C11H12Br2N4. The van der Waals surface area contributed by atoms with Crippen LogP contribution >= 0.6 is 31.9 Å². The third kappa shape index (κ3) is 1.98. The molecule has 0 saturated carbocycles. The zero-order valence-corrected chi connectivity index (χ0v) is 12.2. The van der Waals surface area contributed by atoms with Crippen LogP contribution in [0.5, 0.6) is 0 Å². The number of halogens is 2. The van der Waals surface area contributed by atoms with Crippen LogP contribution in [-0.4, -0.2) is 16.5 Å². The number of imidazole rings is 1. The SMILES string of the molecule is Nc1nc2c([nH]1)CCNC2C1=CC(Br)=C(Br)C1. The molecule has 1 aromatic heterocycles. The molecule has 4 N–H and O–H groups in total. The summed E-state index contributed by atoms with van der Waals surface area (Å²) in [6.07, 6.45) is 4.03. The highest BCUT2D eigenvalue weighted by Gasteiger charge is 2.28. The molecular weight excluding hydrogens is 348 g/mol. The molecule has 0 fully saturated rings. The topological polar surface area (TPSA) is 66.7 Å². The number of rotatable bonds is 1. The first-order chi connectivity index (χ1) is 8.15. The Bertz CT molecular complexity index is 530. The van der Waals surface area contributed by atoms with Crippen molar-refractivity contribution in [1.82, 2.24) is 15.3 Å². The quantitative estimate of drug-likeness (QED) is 0.721. The van der Waals surface area contributed by atoms with Crippen molar-refractivity contribution in [3.05, 3.63) is 32.0 Å². The standard InChI is InChI=1S/C11H12Br2N4/c12-6-3-5(4-7(6)13)9-10-8(1-2-15-9)16-11(14)17-10/h3,9,15H,1-2,4H2,(H3,14,16,17). The summed E-state index contributed by atoms with van der Waals surface area (Å²) in [6.45, 7) is 0.950. The summed E-state index contributed by atoms with van der Waals surface area (Å²) in [5.74, 6) is 0.508. The second kappa shape index (κ2) is 4.26. The van der Waals surface area contributed by atoms with Crippen LogP contribution < -0.4 is 11.1 Å². The molecule has 90 valence electrons. The van der Waals surface area contributed by atoms with Gasteiger partial charge >= 0.3 is 0 Å². The Hall–Kier alpha value is -0.590. The lowest BCUT2D eigenvalue weighted by Crippen LogP contribution is -2.31. The fourth-order valence-corrected chi connectivity index (χ4v) is 3.23. The average Bonchev–Trinajstić information content (AvgIpc) is 2.81.